The summed E-state index contributed by atoms with van der Waals surface area (Å²) in [6, 6.07) is 30.1. The zero-order valence-electron chi connectivity index (χ0n) is 23.0. The number of fused-ring (bicyclic) bond motifs is 1. The lowest BCUT2D eigenvalue weighted by molar-refractivity contribution is 0.631. The van der Waals surface area contributed by atoms with Gasteiger partial charge in [-0.1, -0.05) is 77.9 Å². The average molecular weight is 526 g/mol. The summed E-state index contributed by atoms with van der Waals surface area (Å²) in [5.41, 5.74) is 10.3. The first kappa shape index (κ1) is 25.8. The Bertz CT molecular complexity index is 1830. The van der Waals surface area contributed by atoms with Crippen LogP contribution in [0.2, 0.25) is 0 Å². The summed E-state index contributed by atoms with van der Waals surface area (Å²) in [5.74, 6) is 0. The summed E-state index contributed by atoms with van der Waals surface area (Å²) in [6.07, 6.45) is 3.89. The molecule has 0 amide bonds. The first-order valence-electron chi connectivity index (χ1n) is 13.5. The maximum Gasteiger partial charge on any atom is 0.678 e. The summed E-state index contributed by atoms with van der Waals surface area (Å²) in [5, 5.41) is 1.61. The predicted molar refractivity (Wildman–Crippen MR) is 165 cm³/mol. The molecule has 0 atom stereocenters. The molecule has 0 fully saturated rings. The van der Waals surface area contributed by atoms with Crippen LogP contribution in [0.25, 0.3) is 33.7 Å². The minimum Gasteiger partial charge on any atom is -0.324 e. The van der Waals surface area contributed by atoms with Gasteiger partial charge in [-0.05, 0) is 86.4 Å². The number of benzene rings is 4. The van der Waals surface area contributed by atoms with Crippen LogP contribution >= 0.6 is 0 Å². The van der Waals surface area contributed by atoms with E-state index < -0.39 is 7.40 Å². The van der Waals surface area contributed by atoms with Crippen LogP contribution in [-0.4, -0.2) is 17.6 Å². The molecule has 196 valence electrons. The molecule has 0 N–H and O–H groups in total. The van der Waals surface area contributed by atoms with Gasteiger partial charge in [-0.2, -0.15) is 0 Å². The van der Waals surface area contributed by atoms with Gasteiger partial charge in [0.1, 0.15) is 0 Å². The van der Waals surface area contributed by atoms with Crippen LogP contribution in [0.4, 0.5) is 8.63 Å². The maximum absolute atomic E-state index is 15.1. The molecule has 1 aliphatic heterocycles. The Labute approximate surface area is 234 Å². The highest BCUT2D eigenvalue weighted by molar-refractivity contribution is 6.43. The second-order valence-corrected chi connectivity index (χ2v) is 10.6. The Morgan fingerprint density at radius 3 is 1.85 bits per heavy atom. The Morgan fingerprint density at radius 2 is 1.25 bits per heavy atom. The van der Waals surface area contributed by atoms with Gasteiger partial charge >= 0.3 is 7.40 Å². The van der Waals surface area contributed by atoms with Crippen LogP contribution < -0.4 is 0 Å². The number of halogens is 2. The van der Waals surface area contributed by atoms with Crippen molar-refractivity contribution in [1.29, 1.82) is 0 Å². The number of allylic oxidation sites excluding steroid dienone is 2. The Kier molecular flexibility index (Phi) is 6.59. The van der Waals surface area contributed by atoms with Crippen molar-refractivity contribution in [3.8, 4) is 11.3 Å². The second-order valence-electron chi connectivity index (χ2n) is 10.6. The van der Waals surface area contributed by atoms with Crippen molar-refractivity contribution in [3.63, 3.8) is 0 Å². The molecule has 5 heteroatoms. The van der Waals surface area contributed by atoms with E-state index in [0.29, 0.717) is 17.1 Å². The van der Waals surface area contributed by atoms with Crippen molar-refractivity contribution in [2.24, 2.45) is 4.99 Å². The number of rotatable bonds is 5. The molecular weight excluding hydrogens is 497 g/mol. The molecule has 0 saturated heterocycles. The van der Waals surface area contributed by atoms with E-state index in [0.717, 1.165) is 61.0 Å². The monoisotopic (exact) mass is 526 g/mol. The highest BCUT2D eigenvalue weighted by atomic mass is 19.2. The molecule has 1 aromatic heterocycles. The van der Waals surface area contributed by atoms with E-state index in [1.54, 1.807) is 0 Å². The van der Waals surface area contributed by atoms with Crippen LogP contribution in [0.1, 0.15) is 39.1 Å². The fourth-order valence-corrected chi connectivity index (χ4v) is 5.64. The van der Waals surface area contributed by atoms with Gasteiger partial charge in [0.25, 0.3) is 0 Å². The van der Waals surface area contributed by atoms with E-state index in [1.165, 1.54) is 4.48 Å². The zero-order valence-corrected chi connectivity index (χ0v) is 23.0. The Balaban J connectivity index is 1.66. The highest BCUT2D eigenvalue weighted by Crippen LogP contribution is 2.40. The molecule has 1 aliphatic rings. The lowest BCUT2D eigenvalue weighted by Crippen LogP contribution is -2.16. The molecule has 6 rings (SSSR count). The largest absolute Gasteiger partial charge is 0.678 e. The third kappa shape index (κ3) is 4.62. The molecule has 4 aromatic carbocycles. The standard InChI is InChI=1S/C35H29BF2N2/c1-22-15-23(2)17-28(16-22)35-31-19-25(4)24(3)18-30(31)34(40(35)36(37)38)21-33-29(26-11-7-5-8-12-26)20-32(39-33)27-13-9-6-10-14-27/h5-21H,1-4H3. The summed E-state index contributed by atoms with van der Waals surface area (Å²) in [4.78, 5) is 5.00. The summed E-state index contributed by atoms with van der Waals surface area (Å²) in [6.45, 7) is 8.06. The molecule has 5 aromatic rings. The van der Waals surface area contributed by atoms with Gasteiger partial charge in [0.15, 0.2) is 0 Å². The molecule has 2 nitrogen and oxygen atoms in total. The topological polar surface area (TPSA) is 17.3 Å². The first-order valence-corrected chi connectivity index (χ1v) is 13.5. The van der Waals surface area contributed by atoms with Gasteiger partial charge in [-0.25, -0.2) is 4.99 Å². The molecular formula is C35H29BF2N2. The van der Waals surface area contributed by atoms with Crippen molar-refractivity contribution in [2.75, 3.05) is 0 Å². The van der Waals surface area contributed by atoms with Crippen LogP contribution in [0.5, 0.6) is 0 Å². The quantitative estimate of drug-likeness (QED) is 0.203. The number of aromatic nitrogens is 1. The van der Waals surface area contributed by atoms with Crippen LogP contribution in [0.15, 0.2) is 108 Å². The molecule has 0 radical (unpaired) electrons. The molecule has 0 unspecified atom stereocenters. The van der Waals surface area contributed by atoms with Crippen molar-refractivity contribution < 1.29 is 8.63 Å². The maximum atomic E-state index is 15.1. The SMILES string of the molecule is Cc1cc(C)cc(-c2c3cc(C)c(C)cc3c(C=C3N=C(c4ccccc4)C=C3c3ccccc3)n2B(F)F)c1. The zero-order chi connectivity index (χ0) is 28.0. The average Bonchev–Trinajstić information content (AvgIpc) is 3.49. The van der Waals surface area contributed by atoms with E-state index in [-0.39, 0.29) is 0 Å². The Morgan fingerprint density at radius 1 is 0.675 bits per heavy atom. The fourth-order valence-electron chi connectivity index (χ4n) is 5.64. The first-order chi connectivity index (χ1) is 19.3. The highest BCUT2D eigenvalue weighted by Gasteiger charge is 2.29. The van der Waals surface area contributed by atoms with E-state index in [9.17, 15) is 0 Å². The fraction of sp³-hybridized carbons (Fsp3) is 0.114. The number of aryl methyl sites for hydroxylation is 4. The van der Waals surface area contributed by atoms with E-state index >= 15 is 8.63 Å². The van der Waals surface area contributed by atoms with Crippen molar-refractivity contribution in [1.82, 2.24) is 4.48 Å². The molecule has 0 spiro atoms. The number of hydrogen-bond acceptors (Lipinski definition) is 1. The van der Waals surface area contributed by atoms with Crippen LogP contribution in [0, 0.1) is 27.7 Å². The molecule has 2 heterocycles. The molecule has 0 saturated carbocycles. The number of nitrogens with zero attached hydrogens (tertiary/aromatic N) is 2. The van der Waals surface area contributed by atoms with Gasteiger partial charge < -0.3 is 4.48 Å². The van der Waals surface area contributed by atoms with Gasteiger partial charge in [0.05, 0.1) is 11.4 Å². The number of aliphatic imine (C=N–C) groups is 1. The third-order valence-electron chi connectivity index (χ3n) is 7.58. The van der Waals surface area contributed by atoms with Crippen molar-refractivity contribution in [2.45, 2.75) is 27.7 Å². The normalized spacial score (nSPS) is 14.1. The Hall–Kier alpha value is -4.51. The smallest absolute Gasteiger partial charge is 0.324 e. The van der Waals surface area contributed by atoms with Crippen molar-refractivity contribution in [3.05, 3.63) is 142 Å². The minimum absolute atomic E-state index is 0.456. The van der Waals surface area contributed by atoms with E-state index in [1.807, 2.05) is 119 Å². The second kappa shape index (κ2) is 10.2. The number of hydrogen-bond donors (Lipinski definition) is 0. The van der Waals surface area contributed by atoms with E-state index in [4.69, 9.17) is 4.99 Å². The summed E-state index contributed by atoms with van der Waals surface area (Å²) >= 11 is 0. The molecule has 0 bridgehead atoms. The summed E-state index contributed by atoms with van der Waals surface area (Å²) < 4.78 is 31.5. The summed E-state index contributed by atoms with van der Waals surface area (Å²) in [7, 11) is -2.74. The van der Waals surface area contributed by atoms with Crippen LogP contribution in [0.3, 0.4) is 0 Å². The van der Waals surface area contributed by atoms with E-state index in [2.05, 4.69) is 12.1 Å². The van der Waals surface area contributed by atoms with Gasteiger partial charge in [0, 0.05) is 33.3 Å². The molecule has 0 aliphatic carbocycles. The predicted octanol–water partition coefficient (Wildman–Crippen LogP) is 9.24. The third-order valence-corrected chi connectivity index (χ3v) is 7.58. The van der Waals surface area contributed by atoms with Crippen molar-refractivity contribution >= 4 is 35.5 Å². The minimum atomic E-state index is -2.74. The lowest BCUT2D eigenvalue weighted by atomic mass is 9.98. The van der Waals surface area contributed by atoms with Gasteiger partial charge in [-0.3, -0.25) is 8.63 Å². The van der Waals surface area contributed by atoms with Gasteiger partial charge in [-0.15, -0.1) is 0 Å². The lowest BCUT2D eigenvalue weighted by Gasteiger charge is -2.12. The molecule has 40 heavy (non-hydrogen) atoms. The van der Waals surface area contributed by atoms with Gasteiger partial charge in [0.2, 0.25) is 0 Å². The van der Waals surface area contributed by atoms with Crippen LogP contribution in [-0.2, 0) is 0 Å².